The summed E-state index contributed by atoms with van der Waals surface area (Å²) in [6.45, 7) is 7.98. The monoisotopic (exact) mass is 210 g/mol. The molecule has 2 rings (SSSR count). The van der Waals surface area contributed by atoms with Gasteiger partial charge >= 0.3 is 0 Å². The van der Waals surface area contributed by atoms with E-state index in [0.29, 0.717) is 0 Å². The number of piperidine rings is 1. The predicted molar refractivity (Wildman–Crippen MR) is 60.5 cm³/mol. The smallest absolute Gasteiger partial charge is 0.0897 e. The van der Waals surface area contributed by atoms with Crippen LogP contribution < -0.4 is 0 Å². The molecule has 1 saturated heterocycles. The average molecular weight is 210 g/mol. The van der Waals surface area contributed by atoms with Crippen molar-refractivity contribution in [1.29, 1.82) is 0 Å². The van der Waals surface area contributed by atoms with E-state index < -0.39 is 0 Å². The minimum atomic E-state index is 0.920. The highest BCUT2D eigenvalue weighted by molar-refractivity contribution is 7.09. The molecule has 0 unspecified atom stereocenters. The Morgan fingerprint density at radius 3 is 2.79 bits per heavy atom. The van der Waals surface area contributed by atoms with E-state index in [1.165, 1.54) is 36.6 Å². The molecule has 0 amide bonds. The van der Waals surface area contributed by atoms with Crippen LogP contribution >= 0.6 is 11.3 Å². The van der Waals surface area contributed by atoms with Gasteiger partial charge in [-0.15, -0.1) is 11.3 Å². The first-order chi connectivity index (χ1) is 6.74. The largest absolute Gasteiger partial charge is 0.297 e. The van der Waals surface area contributed by atoms with Crippen LogP contribution in [0.25, 0.3) is 0 Å². The lowest BCUT2D eigenvalue weighted by molar-refractivity contribution is 0.183. The highest BCUT2D eigenvalue weighted by Crippen LogP contribution is 2.18. The van der Waals surface area contributed by atoms with E-state index in [2.05, 4.69) is 29.1 Å². The molecule has 1 fully saturated rings. The van der Waals surface area contributed by atoms with Gasteiger partial charge in [-0.1, -0.05) is 6.92 Å². The topological polar surface area (TPSA) is 16.1 Å². The normalized spacial score (nSPS) is 20.1. The molecule has 0 radical (unpaired) electrons. The van der Waals surface area contributed by atoms with E-state index in [4.69, 9.17) is 0 Å². The Hall–Kier alpha value is -0.410. The molecule has 0 saturated carbocycles. The third-order valence-corrected chi connectivity index (χ3v) is 3.75. The summed E-state index contributed by atoms with van der Waals surface area (Å²) in [5.41, 5.74) is 1.25. The molecule has 2 nitrogen and oxygen atoms in total. The van der Waals surface area contributed by atoms with E-state index in [1.807, 2.05) is 0 Å². The molecular weight excluding hydrogens is 192 g/mol. The molecule has 0 aliphatic carbocycles. The van der Waals surface area contributed by atoms with Crippen LogP contribution in [0, 0.1) is 12.8 Å². The van der Waals surface area contributed by atoms with Crippen molar-refractivity contribution < 1.29 is 0 Å². The summed E-state index contributed by atoms with van der Waals surface area (Å²) < 4.78 is 0. The predicted octanol–water partition coefficient (Wildman–Crippen LogP) is 2.68. The fraction of sp³-hybridized carbons (Fsp3) is 0.727. The Labute approximate surface area is 90.0 Å². The van der Waals surface area contributed by atoms with Crippen molar-refractivity contribution in [2.45, 2.75) is 33.2 Å². The van der Waals surface area contributed by atoms with Gasteiger partial charge in [0.25, 0.3) is 0 Å². The molecule has 1 aromatic heterocycles. The van der Waals surface area contributed by atoms with Gasteiger partial charge in [0, 0.05) is 11.9 Å². The Bertz CT molecular complexity index is 287. The maximum absolute atomic E-state index is 4.50. The van der Waals surface area contributed by atoms with Crippen LogP contribution in [0.1, 0.15) is 30.5 Å². The standard InChI is InChI=1S/C11H18N2S/c1-9-3-5-13(6-4-9)7-11-8-14-10(2)12-11/h8-9H,3-7H2,1-2H3. The van der Waals surface area contributed by atoms with E-state index in [-0.39, 0.29) is 0 Å². The molecule has 0 atom stereocenters. The van der Waals surface area contributed by atoms with Crippen molar-refractivity contribution >= 4 is 11.3 Å². The van der Waals surface area contributed by atoms with Crippen molar-refractivity contribution in [3.8, 4) is 0 Å². The van der Waals surface area contributed by atoms with E-state index in [1.54, 1.807) is 11.3 Å². The Morgan fingerprint density at radius 2 is 2.21 bits per heavy atom. The second-order valence-corrected chi connectivity index (χ2v) is 5.38. The summed E-state index contributed by atoms with van der Waals surface area (Å²) in [5, 5.41) is 3.37. The maximum atomic E-state index is 4.50. The minimum Gasteiger partial charge on any atom is -0.297 e. The van der Waals surface area contributed by atoms with Crippen LogP contribution in [0.4, 0.5) is 0 Å². The van der Waals surface area contributed by atoms with Gasteiger partial charge in [0.05, 0.1) is 10.7 Å². The number of nitrogens with zero attached hydrogens (tertiary/aromatic N) is 2. The number of hydrogen-bond acceptors (Lipinski definition) is 3. The molecule has 1 aliphatic rings. The van der Waals surface area contributed by atoms with Crippen molar-refractivity contribution in [1.82, 2.24) is 9.88 Å². The van der Waals surface area contributed by atoms with Gasteiger partial charge in [0.1, 0.15) is 0 Å². The highest BCUT2D eigenvalue weighted by Gasteiger charge is 2.16. The van der Waals surface area contributed by atoms with Gasteiger partial charge < -0.3 is 0 Å². The van der Waals surface area contributed by atoms with Crippen LogP contribution in [0.5, 0.6) is 0 Å². The van der Waals surface area contributed by atoms with Crippen LogP contribution in [0.2, 0.25) is 0 Å². The van der Waals surface area contributed by atoms with Crippen molar-refractivity contribution in [3.05, 3.63) is 16.1 Å². The summed E-state index contributed by atoms with van der Waals surface area (Å²) in [6, 6.07) is 0. The lowest BCUT2D eigenvalue weighted by atomic mass is 9.99. The van der Waals surface area contributed by atoms with Gasteiger partial charge in [-0.2, -0.15) is 0 Å². The zero-order chi connectivity index (χ0) is 9.97. The van der Waals surface area contributed by atoms with E-state index >= 15 is 0 Å². The quantitative estimate of drug-likeness (QED) is 0.746. The molecule has 14 heavy (non-hydrogen) atoms. The molecule has 0 N–H and O–H groups in total. The summed E-state index contributed by atoms with van der Waals surface area (Å²) in [7, 11) is 0. The fourth-order valence-electron chi connectivity index (χ4n) is 1.93. The molecule has 1 aromatic rings. The summed E-state index contributed by atoms with van der Waals surface area (Å²) >= 11 is 1.76. The minimum absolute atomic E-state index is 0.920. The van der Waals surface area contributed by atoms with Crippen molar-refractivity contribution in [2.75, 3.05) is 13.1 Å². The summed E-state index contributed by atoms with van der Waals surface area (Å²) in [5.74, 6) is 0.920. The van der Waals surface area contributed by atoms with Crippen molar-refractivity contribution in [2.24, 2.45) is 5.92 Å². The first-order valence-corrected chi connectivity index (χ1v) is 6.25. The maximum Gasteiger partial charge on any atom is 0.0897 e. The van der Waals surface area contributed by atoms with Gasteiger partial charge in [-0.3, -0.25) is 4.90 Å². The number of likely N-dealkylation sites (tertiary alicyclic amines) is 1. The summed E-state index contributed by atoms with van der Waals surface area (Å²) in [4.78, 5) is 7.02. The zero-order valence-electron chi connectivity index (χ0n) is 8.99. The lowest BCUT2D eigenvalue weighted by Crippen LogP contribution is -2.32. The van der Waals surface area contributed by atoms with E-state index in [0.717, 1.165) is 12.5 Å². The van der Waals surface area contributed by atoms with E-state index in [9.17, 15) is 0 Å². The first kappa shape index (κ1) is 10.1. The fourth-order valence-corrected chi connectivity index (χ4v) is 2.53. The van der Waals surface area contributed by atoms with Crippen LogP contribution in [0.15, 0.2) is 5.38 Å². The third kappa shape index (κ3) is 2.55. The first-order valence-electron chi connectivity index (χ1n) is 5.37. The lowest BCUT2D eigenvalue weighted by Gasteiger charge is -2.29. The molecule has 0 aromatic carbocycles. The Morgan fingerprint density at radius 1 is 1.50 bits per heavy atom. The second kappa shape index (κ2) is 4.41. The summed E-state index contributed by atoms with van der Waals surface area (Å²) in [6.07, 6.45) is 2.70. The highest BCUT2D eigenvalue weighted by atomic mass is 32.1. The van der Waals surface area contributed by atoms with Crippen LogP contribution in [0.3, 0.4) is 0 Å². The average Bonchev–Trinajstić information content (AvgIpc) is 2.56. The van der Waals surface area contributed by atoms with Crippen LogP contribution in [-0.4, -0.2) is 23.0 Å². The number of hydrogen-bond donors (Lipinski definition) is 0. The zero-order valence-corrected chi connectivity index (χ0v) is 9.81. The SMILES string of the molecule is Cc1nc(CN2CCC(C)CC2)cs1. The number of rotatable bonds is 2. The Kier molecular flexibility index (Phi) is 3.19. The molecule has 3 heteroatoms. The van der Waals surface area contributed by atoms with Crippen LogP contribution in [-0.2, 0) is 6.54 Å². The molecule has 0 spiro atoms. The van der Waals surface area contributed by atoms with Crippen molar-refractivity contribution in [3.63, 3.8) is 0 Å². The number of aromatic nitrogens is 1. The van der Waals surface area contributed by atoms with Gasteiger partial charge in [-0.05, 0) is 38.8 Å². The number of thiazole rings is 1. The molecule has 1 aliphatic heterocycles. The number of aryl methyl sites for hydroxylation is 1. The van der Waals surface area contributed by atoms with Gasteiger partial charge in [0.2, 0.25) is 0 Å². The van der Waals surface area contributed by atoms with Gasteiger partial charge in [-0.25, -0.2) is 4.98 Å². The van der Waals surface area contributed by atoms with Gasteiger partial charge in [0.15, 0.2) is 0 Å². The molecule has 2 heterocycles. The Balaban J connectivity index is 1.86. The molecule has 78 valence electrons. The molecule has 0 bridgehead atoms. The molecular formula is C11H18N2S. The second-order valence-electron chi connectivity index (χ2n) is 4.32. The third-order valence-electron chi connectivity index (χ3n) is 2.93.